The molecular weight excluding hydrogens is 268 g/mol. The number of hydrogen-bond acceptors (Lipinski definition) is 9. The lowest BCUT2D eigenvalue weighted by Gasteiger charge is -1.91. The molecular formula is C5H2N8O6. The van der Waals surface area contributed by atoms with Crippen molar-refractivity contribution < 1.29 is 14.8 Å². The van der Waals surface area contributed by atoms with Gasteiger partial charge in [0.15, 0.2) is 6.20 Å². The van der Waals surface area contributed by atoms with Gasteiger partial charge in [-0.3, -0.25) is 10.1 Å². The van der Waals surface area contributed by atoms with E-state index in [1.807, 2.05) is 5.10 Å². The Hall–Kier alpha value is -3.45. The summed E-state index contributed by atoms with van der Waals surface area (Å²) < 4.78 is 0.418. The zero-order valence-corrected chi connectivity index (χ0v) is 8.66. The van der Waals surface area contributed by atoms with Gasteiger partial charge in [0.2, 0.25) is 0 Å². The van der Waals surface area contributed by atoms with E-state index >= 15 is 0 Å². The first-order valence-electron chi connectivity index (χ1n) is 4.35. The van der Waals surface area contributed by atoms with Crippen molar-refractivity contribution in [3.05, 3.63) is 36.5 Å². The second-order valence-electron chi connectivity index (χ2n) is 3.00. The number of aromatic amines is 1. The summed E-state index contributed by atoms with van der Waals surface area (Å²) in [6, 6.07) is 0. The molecule has 2 heterocycles. The van der Waals surface area contributed by atoms with Crippen LogP contribution in [-0.4, -0.2) is 39.7 Å². The first-order chi connectivity index (χ1) is 8.91. The Morgan fingerprint density at radius 2 is 1.79 bits per heavy atom. The molecule has 0 bridgehead atoms. The Labute approximate surface area is 101 Å². The summed E-state index contributed by atoms with van der Waals surface area (Å²) in [4.78, 5) is 32.0. The first kappa shape index (κ1) is 12.0. The summed E-state index contributed by atoms with van der Waals surface area (Å²) in [6.07, 6.45) is 0.625. The number of hydrogen-bond donors (Lipinski definition) is 1. The van der Waals surface area contributed by atoms with E-state index < -0.39 is 38.2 Å². The largest absolute Gasteiger partial charge is 0.457 e. The SMILES string of the molecule is O=[N+]([O-])c1nc(-n2ncc([N+](=O)[O-])c2[N+](=O)[O-])n[nH]1. The van der Waals surface area contributed by atoms with Crippen molar-refractivity contribution in [2.24, 2.45) is 0 Å². The predicted molar refractivity (Wildman–Crippen MR) is 53.5 cm³/mol. The topological polar surface area (TPSA) is 189 Å². The van der Waals surface area contributed by atoms with Crippen molar-refractivity contribution in [1.29, 1.82) is 0 Å². The van der Waals surface area contributed by atoms with Crippen LogP contribution in [0.4, 0.5) is 17.5 Å². The lowest BCUT2D eigenvalue weighted by atomic mass is 10.5. The van der Waals surface area contributed by atoms with E-state index in [0.29, 0.717) is 10.9 Å². The number of H-pyrrole nitrogens is 1. The lowest BCUT2D eigenvalue weighted by molar-refractivity contribution is -0.425. The molecule has 0 aromatic carbocycles. The Bertz CT molecular complexity index is 686. The Kier molecular flexibility index (Phi) is 2.59. The lowest BCUT2D eigenvalue weighted by Crippen LogP contribution is -2.05. The summed E-state index contributed by atoms with van der Waals surface area (Å²) in [7, 11) is 0. The van der Waals surface area contributed by atoms with Gasteiger partial charge in [0.1, 0.15) is 0 Å². The summed E-state index contributed by atoms with van der Waals surface area (Å²) in [5, 5.41) is 40.3. The maximum absolute atomic E-state index is 10.8. The molecule has 98 valence electrons. The molecule has 14 nitrogen and oxygen atoms in total. The van der Waals surface area contributed by atoms with Gasteiger partial charge in [0.05, 0.1) is 4.92 Å². The second kappa shape index (κ2) is 4.09. The molecule has 0 amide bonds. The molecule has 14 heteroatoms. The minimum absolute atomic E-state index is 0.418. The quantitative estimate of drug-likeness (QED) is 0.574. The average Bonchev–Trinajstić information content (AvgIpc) is 2.95. The normalized spacial score (nSPS) is 10.3. The van der Waals surface area contributed by atoms with E-state index in [9.17, 15) is 30.3 Å². The third-order valence-corrected chi connectivity index (χ3v) is 1.92. The molecule has 2 rings (SSSR count). The van der Waals surface area contributed by atoms with E-state index in [2.05, 4.69) is 15.2 Å². The highest BCUT2D eigenvalue weighted by Gasteiger charge is 2.36. The molecule has 1 N–H and O–H groups in total. The number of nitrogens with one attached hydrogen (secondary N) is 1. The number of aromatic nitrogens is 5. The van der Waals surface area contributed by atoms with Crippen LogP contribution in [0.1, 0.15) is 0 Å². The first-order valence-corrected chi connectivity index (χ1v) is 4.35. The van der Waals surface area contributed by atoms with Crippen LogP contribution < -0.4 is 0 Å². The second-order valence-corrected chi connectivity index (χ2v) is 3.00. The van der Waals surface area contributed by atoms with Crippen molar-refractivity contribution in [1.82, 2.24) is 25.0 Å². The molecule has 0 aliphatic heterocycles. The van der Waals surface area contributed by atoms with E-state index in [1.54, 1.807) is 0 Å². The van der Waals surface area contributed by atoms with E-state index in [1.165, 1.54) is 0 Å². The maximum atomic E-state index is 10.8. The molecule has 0 aliphatic rings. The van der Waals surface area contributed by atoms with Crippen molar-refractivity contribution in [2.75, 3.05) is 0 Å². The Balaban J connectivity index is 2.58. The van der Waals surface area contributed by atoms with Crippen LogP contribution in [0, 0.1) is 30.3 Å². The van der Waals surface area contributed by atoms with E-state index in [-0.39, 0.29) is 0 Å². The molecule has 2 aromatic rings. The molecule has 0 saturated heterocycles. The smallest absolute Gasteiger partial charge is 0.390 e. The monoisotopic (exact) mass is 270 g/mol. The van der Waals surface area contributed by atoms with Gasteiger partial charge in [0.25, 0.3) is 0 Å². The predicted octanol–water partition coefficient (Wildman–Crippen LogP) is -0.285. The fourth-order valence-corrected chi connectivity index (χ4v) is 1.20. The van der Waals surface area contributed by atoms with Crippen LogP contribution in [0.15, 0.2) is 6.20 Å². The van der Waals surface area contributed by atoms with Gasteiger partial charge < -0.3 is 20.2 Å². The van der Waals surface area contributed by atoms with Crippen LogP contribution >= 0.6 is 0 Å². The van der Waals surface area contributed by atoms with Crippen molar-refractivity contribution >= 4 is 17.5 Å². The van der Waals surface area contributed by atoms with Crippen molar-refractivity contribution in [3.63, 3.8) is 0 Å². The van der Waals surface area contributed by atoms with Gasteiger partial charge in [-0.1, -0.05) is 5.10 Å². The standard InChI is InChI=1S/C5H2N8O6/c14-11(15)2-1-6-10(3(2)12(16)17)4-7-5(9-8-4)13(18)19/h1H,(H,7,8,9). The highest BCUT2D eigenvalue weighted by atomic mass is 16.6. The number of nitrogens with zero attached hydrogens (tertiary/aromatic N) is 7. The summed E-state index contributed by atoms with van der Waals surface area (Å²) in [5.74, 6) is -2.33. The van der Waals surface area contributed by atoms with Crippen molar-refractivity contribution in [3.8, 4) is 5.95 Å². The fraction of sp³-hybridized carbons (Fsp3) is 0. The zero-order chi connectivity index (χ0) is 14.2. The van der Waals surface area contributed by atoms with Gasteiger partial charge in [-0.05, 0) is 19.6 Å². The minimum atomic E-state index is -1.06. The number of nitro groups is 3. The zero-order valence-electron chi connectivity index (χ0n) is 8.66. The molecule has 0 unspecified atom stereocenters. The Morgan fingerprint density at radius 3 is 2.26 bits per heavy atom. The summed E-state index contributed by atoms with van der Waals surface area (Å²) in [6.45, 7) is 0. The summed E-state index contributed by atoms with van der Waals surface area (Å²) in [5.41, 5.74) is -0.877. The van der Waals surface area contributed by atoms with Crippen LogP contribution in [0.5, 0.6) is 0 Å². The molecule has 19 heavy (non-hydrogen) atoms. The van der Waals surface area contributed by atoms with Gasteiger partial charge in [0, 0.05) is 4.98 Å². The molecule has 0 saturated carbocycles. The average molecular weight is 270 g/mol. The van der Waals surface area contributed by atoms with Gasteiger partial charge in [-0.25, -0.2) is 0 Å². The number of rotatable bonds is 4. The third-order valence-electron chi connectivity index (χ3n) is 1.92. The molecule has 2 aromatic heterocycles. The van der Waals surface area contributed by atoms with Gasteiger partial charge in [-0.2, -0.15) is 0 Å². The van der Waals surface area contributed by atoms with E-state index in [0.717, 1.165) is 0 Å². The van der Waals surface area contributed by atoms with Crippen molar-refractivity contribution in [2.45, 2.75) is 0 Å². The summed E-state index contributed by atoms with van der Waals surface area (Å²) >= 11 is 0. The Morgan fingerprint density at radius 1 is 1.11 bits per heavy atom. The minimum Gasteiger partial charge on any atom is -0.390 e. The van der Waals surface area contributed by atoms with Crippen LogP contribution in [0.3, 0.4) is 0 Å². The molecule has 0 atom stereocenters. The highest BCUT2D eigenvalue weighted by Crippen LogP contribution is 2.27. The molecule has 0 radical (unpaired) electrons. The third kappa shape index (κ3) is 1.92. The van der Waals surface area contributed by atoms with Crippen LogP contribution in [-0.2, 0) is 0 Å². The highest BCUT2D eigenvalue weighted by molar-refractivity contribution is 5.48. The molecule has 0 fully saturated rings. The van der Waals surface area contributed by atoms with Crippen LogP contribution in [0.25, 0.3) is 5.95 Å². The van der Waals surface area contributed by atoms with E-state index in [4.69, 9.17) is 0 Å². The van der Waals surface area contributed by atoms with Crippen LogP contribution in [0.2, 0.25) is 0 Å². The molecule has 0 spiro atoms. The maximum Gasteiger partial charge on any atom is 0.457 e. The van der Waals surface area contributed by atoms with Gasteiger partial charge in [-0.15, -0.1) is 5.10 Å². The fourth-order valence-electron chi connectivity index (χ4n) is 1.20. The molecule has 0 aliphatic carbocycles. The van der Waals surface area contributed by atoms with Gasteiger partial charge >= 0.3 is 23.4 Å².